The Kier molecular flexibility index (Phi) is 6.78. The van der Waals surface area contributed by atoms with Crippen LogP contribution in [-0.4, -0.2) is 42.4 Å². The van der Waals surface area contributed by atoms with Gasteiger partial charge in [-0.05, 0) is 47.0 Å². The highest BCUT2D eigenvalue weighted by Crippen LogP contribution is 2.14. The second-order valence-electron chi connectivity index (χ2n) is 6.74. The summed E-state index contributed by atoms with van der Waals surface area (Å²) in [5, 5.41) is 10.4. The van der Waals surface area contributed by atoms with Gasteiger partial charge in [0.25, 0.3) is 0 Å². The van der Waals surface area contributed by atoms with Crippen LogP contribution in [0.3, 0.4) is 0 Å². The van der Waals surface area contributed by atoms with Gasteiger partial charge in [0.1, 0.15) is 5.82 Å². The average molecular weight is 431 g/mol. The molecular weight excluding hydrogens is 407 g/mol. The summed E-state index contributed by atoms with van der Waals surface area (Å²) >= 11 is 0. The molecule has 10 heteroatoms. The van der Waals surface area contributed by atoms with E-state index in [1.165, 1.54) is 18.2 Å². The van der Waals surface area contributed by atoms with E-state index < -0.39 is 15.7 Å². The summed E-state index contributed by atoms with van der Waals surface area (Å²) < 4.78 is 38.6. The minimum Gasteiger partial charge on any atom is -0.352 e. The molecule has 0 radical (unpaired) electrons. The van der Waals surface area contributed by atoms with E-state index in [2.05, 4.69) is 25.7 Å². The van der Waals surface area contributed by atoms with Gasteiger partial charge in [0.05, 0.1) is 5.75 Å². The summed E-state index contributed by atoms with van der Waals surface area (Å²) in [5.41, 5.74) is 2.09. The lowest BCUT2D eigenvalue weighted by atomic mass is 10.1. The van der Waals surface area contributed by atoms with Crippen LogP contribution in [0.2, 0.25) is 0 Å². The van der Waals surface area contributed by atoms with E-state index in [4.69, 9.17) is 0 Å². The maximum Gasteiger partial charge on any atom is 0.191 e. The van der Waals surface area contributed by atoms with Crippen molar-refractivity contribution in [3.05, 3.63) is 77.5 Å². The first-order valence-corrected chi connectivity index (χ1v) is 11.2. The molecule has 3 rings (SSSR count). The van der Waals surface area contributed by atoms with E-state index in [1.807, 2.05) is 24.4 Å². The number of hydrogen-bond donors (Lipinski definition) is 2. The number of hydrogen-bond acceptors (Lipinski definition) is 5. The number of halogens is 1. The Hall–Kier alpha value is -3.27. The predicted octanol–water partition coefficient (Wildman–Crippen LogP) is 1.82. The zero-order chi connectivity index (χ0) is 21.6. The number of benzene rings is 1. The van der Waals surface area contributed by atoms with Gasteiger partial charge in [-0.3, -0.25) is 4.99 Å². The summed E-state index contributed by atoms with van der Waals surface area (Å²) in [5.74, 6) is 0.633. The quantitative estimate of drug-likeness (QED) is 0.438. The maximum absolute atomic E-state index is 13.7. The van der Waals surface area contributed by atoms with Gasteiger partial charge in [0.2, 0.25) is 0 Å². The maximum atomic E-state index is 13.7. The predicted molar refractivity (Wildman–Crippen MR) is 113 cm³/mol. The smallest absolute Gasteiger partial charge is 0.191 e. The number of sulfone groups is 1. The Morgan fingerprint density at radius 3 is 2.63 bits per heavy atom. The fourth-order valence-electron chi connectivity index (χ4n) is 2.87. The Morgan fingerprint density at radius 1 is 1.13 bits per heavy atom. The van der Waals surface area contributed by atoms with Crippen LogP contribution in [0, 0.1) is 5.82 Å². The highest BCUT2D eigenvalue weighted by Gasteiger charge is 2.11. The molecule has 2 N–H and O–H groups in total. The lowest BCUT2D eigenvalue weighted by molar-refractivity contribution is 0.599. The van der Waals surface area contributed by atoms with Crippen molar-refractivity contribution in [1.29, 1.82) is 0 Å². The Labute approximate surface area is 174 Å². The third-order valence-corrected chi connectivity index (χ3v) is 5.10. The van der Waals surface area contributed by atoms with Crippen LogP contribution in [0.4, 0.5) is 4.39 Å². The molecule has 0 amide bonds. The van der Waals surface area contributed by atoms with Crippen molar-refractivity contribution in [2.75, 3.05) is 13.3 Å². The molecule has 0 atom stereocenters. The molecule has 0 aliphatic carbocycles. The molecule has 0 saturated carbocycles. The minimum atomic E-state index is -3.23. The van der Waals surface area contributed by atoms with Gasteiger partial charge < -0.3 is 10.6 Å². The molecule has 0 saturated heterocycles. The van der Waals surface area contributed by atoms with Crippen molar-refractivity contribution in [3.63, 3.8) is 0 Å². The second-order valence-corrected chi connectivity index (χ2v) is 8.88. The highest BCUT2D eigenvalue weighted by molar-refractivity contribution is 7.89. The third-order valence-electron chi connectivity index (χ3n) is 4.26. The van der Waals surface area contributed by atoms with Crippen molar-refractivity contribution in [1.82, 2.24) is 25.4 Å². The monoisotopic (exact) mass is 430 g/mol. The SMILES string of the molecule is CN=C(NCc1ccnc(-n2cccn2)c1)NCc1cc(F)ccc1CS(C)(=O)=O. The first-order chi connectivity index (χ1) is 14.3. The van der Waals surface area contributed by atoms with Crippen molar-refractivity contribution < 1.29 is 12.8 Å². The highest BCUT2D eigenvalue weighted by atomic mass is 32.2. The van der Waals surface area contributed by atoms with Gasteiger partial charge in [0.15, 0.2) is 21.6 Å². The van der Waals surface area contributed by atoms with E-state index in [9.17, 15) is 12.8 Å². The van der Waals surface area contributed by atoms with E-state index in [0.29, 0.717) is 29.4 Å². The molecule has 0 bridgehead atoms. The van der Waals surface area contributed by atoms with Crippen LogP contribution < -0.4 is 10.6 Å². The lowest BCUT2D eigenvalue weighted by Crippen LogP contribution is -2.36. The molecule has 0 spiro atoms. The lowest BCUT2D eigenvalue weighted by Gasteiger charge is -2.14. The van der Waals surface area contributed by atoms with Gasteiger partial charge in [-0.2, -0.15) is 5.10 Å². The van der Waals surface area contributed by atoms with Crippen LogP contribution in [0.5, 0.6) is 0 Å². The number of pyridine rings is 1. The average Bonchev–Trinajstić information content (AvgIpc) is 3.24. The van der Waals surface area contributed by atoms with Gasteiger partial charge in [-0.15, -0.1) is 0 Å². The molecule has 1 aromatic carbocycles. The van der Waals surface area contributed by atoms with E-state index in [0.717, 1.165) is 11.8 Å². The van der Waals surface area contributed by atoms with Crippen molar-refractivity contribution in [2.24, 2.45) is 4.99 Å². The molecule has 158 valence electrons. The normalized spacial score (nSPS) is 12.0. The number of aromatic nitrogens is 3. The number of guanidine groups is 1. The van der Waals surface area contributed by atoms with Crippen LogP contribution >= 0.6 is 0 Å². The van der Waals surface area contributed by atoms with Gasteiger partial charge in [0, 0.05) is 45.0 Å². The Balaban J connectivity index is 1.64. The van der Waals surface area contributed by atoms with Gasteiger partial charge >= 0.3 is 0 Å². The topological polar surface area (TPSA) is 101 Å². The van der Waals surface area contributed by atoms with Crippen molar-refractivity contribution in [3.8, 4) is 5.82 Å². The standard InChI is InChI=1S/C20H23FN6O2S/c1-22-20(24-12-15-6-8-23-19(10-15)27-9-3-7-26-27)25-13-17-11-18(21)5-4-16(17)14-30(2,28)29/h3-11H,12-14H2,1-2H3,(H2,22,24,25). The summed E-state index contributed by atoms with van der Waals surface area (Å²) in [6.45, 7) is 0.715. The molecular formula is C20H23FN6O2S. The second kappa shape index (κ2) is 9.49. The molecule has 2 aromatic heterocycles. The van der Waals surface area contributed by atoms with E-state index in [1.54, 1.807) is 24.1 Å². The minimum absolute atomic E-state index is 0.149. The Bertz CT molecular complexity index is 1130. The molecule has 2 heterocycles. The van der Waals surface area contributed by atoms with Gasteiger partial charge in [-0.25, -0.2) is 22.5 Å². The molecule has 0 fully saturated rings. The number of nitrogens with one attached hydrogen (secondary N) is 2. The largest absolute Gasteiger partial charge is 0.352 e. The van der Waals surface area contributed by atoms with Crippen LogP contribution in [0.15, 0.2) is 60.0 Å². The van der Waals surface area contributed by atoms with Crippen LogP contribution in [0.1, 0.15) is 16.7 Å². The number of rotatable bonds is 7. The zero-order valence-corrected chi connectivity index (χ0v) is 17.5. The summed E-state index contributed by atoms with van der Waals surface area (Å²) in [4.78, 5) is 8.46. The molecule has 0 unspecified atom stereocenters. The first-order valence-electron chi connectivity index (χ1n) is 9.18. The van der Waals surface area contributed by atoms with Crippen LogP contribution in [-0.2, 0) is 28.7 Å². The first kappa shape index (κ1) is 21.4. The van der Waals surface area contributed by atoms with Crippen molar-refractivity contribution in [2.45, 2.75) is 18.8 Å². The number of aliphatic imine (C=N–C) groups is 1. The Morgan fingerprint density at radius 2 is 1.93 bits per heavy atom. The molecule has 0 aliphatic rings. The fourth-order valence-corrected chi connectivity index (χ4v) is 3.71. The summed E-state index contributed by atoms with van der Waals surface area (Å²) in [6, 6.07) is 9.70. The van der Waals surface area contributed by atoms with E-state index in [-0.39, 0.29) is 12.3 Å². The molecule has 0 aliphatic heterocycles. The van der Waals surface area contributed by atoms with Crippen LogP contribution in [0.25, 0.3) is 5.82 Å². The fraction of sp³-hybridized carbons (Fsp3) is 0.250. The number of nitrogens with zero attached hydrogens (tertiary/aromatic N) is 4. The summed E-state index contributed by atoms with van der Waals surface area (Å²) in [7, 11) is -1.61. The summed E-state index contributed by atoms with van der Waals surface area (Å²) in [6.07, 6.45) is 6.35. The van der Waals surface area contributed by atoms with Gasteiger partial charge in [-0.1, -0.05) is 6.07 Å². The van der Waals surface area contributed by atoms with E-state index >= 15 is 0 Å². The van der Waals surface area contributed by atoms with Crippen molar-refractivity contribution >= 4 is 15.8 Å². The zero-order valence-electron chi connectivity index (χ0n) is 16.7. The third kappa shape index (κ3) is 6.11. The molecule has 8 nitrogen and oxygen atoms in total. The molecule has 3 aromatic rings. The molecule has 30 heavy (non-hydrogen) atoms.